The number of rotatable bonds is 3. The van der Waals surface area contributed by atoms with Crippen molar-refractivity contribution in [3.05, 3.63) is 59.3 Å². The number of halogens is 4. The number of amides is 2. The highest BCUT2D eigenvalue weighted by Crippen LogP contribution is 2.31. The van der Waals surface area contributed by atoms with E-state index in [-0.39, 0.29) is 24.9 Å². The molecule has 146 valence electrons. The Morgan fingerprint density at radius 3 is 2.43 bits per heavy atom. The van der Waals surface area contributed by atoms with Crippen LogP contribution in [0.1, 0.15) is 18.0 Å². The van der Waals surface area contributed by atoms with Gasteiger partial charge in [-0.25, -0.2) is 32.3 Å². The fourth-order valence-electron chi connectivity index (χ4n) is 3.23. The van der Waals surface area contributed by atoms with Gasteiger partial charge in [-0.1, -0.05) is 0 Å². The molecule has 4 rings (SSSR count). The van der Waals surface area contributed by atoms with Crippen LogP contribution < -0.4 is 5.32 Å². The van der Waals surface area contributed by atoms with Gasteiger partial charge in [-0.3, -0.25) is 0 Å². The number of nitrogens with one attached hydrogen (secondary N) is 1. The van der Waals surface area contributed by atoms with Crippen molar-refractivity contribution in [3.8, 4) is 0 Å². The number of hydrogen-bond donors (Lipinski definition) is 1. The van der Waals surface area contributed by atoms with Crippen molar-refractivity contribution in [2.24, 2.45) is 5.10 Å². The average molecular weight is 393 g/mol. The third-order valence-corrected chi connectivity index (χ3v) is 4.60. The van der Waals surface area contributed by atoms with Gasteiger partial charge in [0.15, 0.2) is 11.6 Å². The van der Waals surface area contributed by atoms with Crippen molar-refractivity contribution >= 4 is 18.1 Å². The lowest BCUT2D eigenvalue weighted by Crippen LogP contribution is -2.59. The summed E-state index contributed by atoms with van der Waals surface area (Å²) in [5.74, 6) is -3.14. The second-order valence-corrected chi connectivity index (χ2v) is 6.61. The van der Waals surface area contributed by atoms with Gasteiger partial charge in [0, 0.05) is 37.9 Å². The van der Waals surface area contributed by atoms with E-state index < -0.39 is 35.3 Å². The maximum absolute atomic E-state index is 13.6. The maximum Gasteiger partial charge on any atom is 0.341 e. The van der Waals surface area contributed by atoms with Crippen LogP contribution in [-0.2, 0) is 0 Å². The van der Waals surface area contributed by atoms with Crippen LogP contribution in [0.5, 0.6) is 0 Å². The summed E-state index contributed by atoms with van der Waals surface area (Å²) in [5, 5.41) is 8.01. The molecule has 0 radical (unpaired) electrons. The number of pyridine rings is 1. The number of carbonyl (C=O) groups excluding carboxylic acids is 1. The highest BCUT2D eigenvalue weighted by Gasteiger charge is 2.38. The van der Waals surface area contributed by atoms with E-state index in [0.717, 1.165) is 18.3 Å². The van der Waals surface area contributed by atoms with Gasteiger partial charge in [0.25, 0.3) is 0 Å². The molecular formula is C18H15F4N5O. The fraction of sp³-hybridized carbons (Fsp3) is 0.278. The summed E-state index contributed by atoms with van der Waals surface area (Å²) in [7, 11) is 0. The van der Waals surface area contributed by atoms with Gasteiger partial charge in [-0.2, -0.15) is 5.10 Å². The van der Waals surface area contributed by atoms with Crippen LogP contribution in [-0.4, -0.2) is 46.3 Å². The van der Waals surface area contributed by atoms with Gasteiger partial charge in [-0.05, 0) is 17.7 Å². The largest absolute Gasteiger partial charge is 0.361 e. The minimum absolute atomic E-state index is 0.0918. The van der Waals surface area contributed by atoms with Crippen LogP contribution in [0.3, 0.4) is 0 Å². The van der Waals surface area contributed by atoms with Gasteiger partial charge in [0.05, 0.1) is 18.3 Å². The monoisotopic (exact) mass is 393 g/mol. The molecule has 28 heavy (non-hydrogen) atoms. The zero-order valence-electron chi connectivity index (χ0n) is 14.4. The minimum Gasteiger partial charge on any atom is -0.361 e. The molecule has 1 atom stereocenters. The van der Waals surface area contributed by atoms with E-state index in [4.69, 9.17) is 0 Å². The molecule has 1 aromatic carbocycles. The number of hydrazone groups is 1. The molecule has 0 saturated carbocycles. The molecule has 0 spiro atoms. The molecule has 10 heteroatoms. The molecule has 3 heterocycles. The number of anilines is 1. The van der Waals surface area contributed by atoms with E-state index in [1.54, 1.807) is 0 Å². The van der Waals surface area contributed by atoms with E-state index >= 15 is 0 Å². The summed E-state index contributed by atoms with van der Waals surface area (Å²) in [6, 6.07) is 2.56. The fourth-order valence-corrected chi connectivity index (χ4v) is 3.23. The highest BCUT2D eigenvalue weighted by atomic mass is 19.1. The van der Waals surface area contributed by atoms with Crippen molar-refractivity contribution in [1.29, 1.82) is 0 Å². The Morgan fingerprint density at radius 2 is 1.75 bits per heavy atom. The number of nitrogens with zero attached hydrogens (tertiary/aromatic N) is 4. The Hall–Kier alpha value is -3.17. The first-order valence-electron chi connectivity index (χ1n) is 8.55. The zero-order chi connectivity index (χ0) is 19.8. The van der Waals surface area contributed by atoms with Crippen LogP contribution in [0, 0.1) is 23.3 Å². The Balaban J connectivity index is 1.39. The van der Waals surface area contributed by atoms with Gasteiger partial charge in [0.1, 0.15) is 17.5 Å². The van der Waals surface area contributed by atoms with Crippen LogP contribution in [0.2, 0.25) is 0 Å². The topological polar surface area (TPSA) is 60.8 Å². The number of urea groups is 1. The Kier molecular flexibility index (Phi) is 4.62. The van der Waals surface area contributed by atoms with E-state index in [2.05, 4.69) is 15.4 Å². The van der Waals surface area contributed by atoms with Crippen molar-refractivity contribution in [2.75, 3.05) is 18.4 Å². The highest BCUT2D eigenvalue weighted by molar-refractivity contribution is 5.79. The maximum atomic E-state index is 13.6. The molecule has 0 bridgehead atoms. The molecule has 1 fully saturated rings. The number of hydrogen-bond acceptors (Lipinski definition) is 4. The Morgan fingerprint density at radius 1 is 1.04 bits per heavy atom. The SMILES string of the molecule is O=C(N1CC(Nc2ncc(F)cc2F)C1)N1N=CC[C@H]1c1cc(F)cc(F)c1. The summed E-state index contributed by atoms with van der Waals surface area (Å²) in [6.07, 6.45) is 2.75. The first-order valence-corrected chi connectivity index (χ1v) is 8.55. The quantitative estimate of drug-likeness (QED) is 0.815. The molecule has 2 amide bonds. The van der Waals surface area contributed by atoms with Crippen molar-refractivity contribution in [1.82, 2.24) is 14.9 Å². The van der Waals surface area contributed by atoms with Crippen molar-refractivity contribution < 1.29 is 22.4 Å². The lowest BCUT2D eigenvalue weighted by atomic mass is 10.0. The molecule has 0 aliphatic carbocycles. The summed E-state index contributed by atoms with van der Waals surface area (Å²) in [6.45, 7) is 0.515. The number of carbonyl (C=O) groups is 1. The molecular weight excluding hydrogens is 378 g/mol. The third-order valence-electron chi connectivity index (χ3n) is 4.60. The van der Waals surface area contributed by atoms with Gasteiger partial charge < -0.3 is 10.2 Å². The molecule has 2 aromatic rings. The zero-order valence-corrected chi connectivity index (χ0v) is 14.4. The Bertz CT molecular complexity index is 927. The van der Waals surface area contributed by atoms with E-state index in [9.17, 15) is 22.4 Å². The lowest BCUT2D eigenvalue weighted by Gasteiger charge is -2.41. The first-order chi connectivity index (χ1) is 13.4. The summed E-state index contributed by atoms with van der Waals surface area (Å²) in [4.78, 5) is 17.8. The number of likely N-dealkylation sites (tertiary alicyclic amines) is 1. The lowest BCUT2D eigenvalue weighted by molar-refractivity contribution is 0.110. The van der Waals surface area contributed by atoms with E-state index in [1.807, 2.05) is 0 Å². The van der Waals surface area contributed by atoms with Gasteiger partial charge in [0.2, 0.25) is 0 Å². The predicted octanol–water partition coefficient (Wildman–Crippen LogP) is 3.29. The van der Waals surface area contributed by atoms with E-state index in [0.29, 0.717) is 12.0 Å². The van der Waals surface area contributed by atoms with Crippen LogP contribution in [0.4, 0.5) is 28.2 Å². The molecule has 6 nitrogen and oxygen atoms in total. The molecule has 2 aliphatic rings. The van der Waals surface area contributed by atoms with Crippen molar-refractivity contribution in [2.45, 2.75) is 18.5 Å². The molecule has 1 saturated heterocycles. The summed E-state index contributed by atoms with van der Waals surface area (Å²) in [5.41, 5.74) is 0.316. The Labute approximate surface area is 157 Å². The first kappa shape index (κ1) is 18.2. The van der Waals surface area contributed by atoms with Crippen molar-refractivity contribution in [3.63, 3.8) is 0 Å². The minimum atomic E-state index is -0.817. The third kappa shape index (κ3) is 3.49. The van der Waals surface area contributed by atoms with E-state index in [1.165, 1.54) is 28.3 Å². The van der Waals surface area contributed by atoms with Gasteiger partial charge >= 0.3 is 6.03 Å². The van der Waals surface area contributed by atoms with Crippen LogP contribution in [0.15, 0.2) is 35.6 Å². The average Bonchev–Trinajstić information content (AvgIpc) is 3.07. The van der Waals surface area contributed by atoms with Crippen LogP contribution >= 0.6 is 0 Å². The number of aromatic nitrogens is 1. The molecule has 2 aliphatic heterocycles. The van der Waals surface area contributed by atoms with Crippen LogP contribution in [0.25, 0.3) is 0 Å². The molecule has 1 N–H and O–H groups in total. The smallest absolute Gasteiger partial charge is 0.341 e. The molecule has 1 aromatic heterocycles. The second kappa shape index (κ2) is 7.10. The second-order valence-electron chi connectivity index (χ2n) is 6.61. The summed E-state index contributed by atoms with van der Waals surface area (Å²) < 4.78 is 53.5. The summed E-state index contributed by atoms with van der Waals surface area (Å²) >= 11 is 0. The number of benzene rings is 1. The molecule has 0 unspecified atom stereocenters. The normalized spacial score (nSPS) is 19.1. The van der Waals surface area contributed by atoms with Gasteiger partial charge in [-0.15, -0.1) is 0 Å². The predicted molar refractivity (Wildman–Crippen MR) is 92.6 cm³/mol. The standard InChI is InChI=1S/C18H15F4N5O/c19-11-3-10(4-12(20)5-11)16-1-2-24-27(16)18(28)26-8-14(9-26)25-17-15(22)6-13(21)7-23-17/h2-7,14,16H,1,8-9H2,(H,23,25)/t16-/m0/s1.